The SMILES string of the molecule is CCCCCCCCNC(=O)c1ccc(NC(=O)C(C(=O)c2nsc3c2c(C)nn3-c2ccccc2)N2C(=O)OC(C)(C)C2=O)c(Cl)c1. The highest BCUT2D eigenvalue weighted by Crippen LogP contribution is 2.33. The number of aryl methyl sites for hydroxylation is 1. The fraction of sp³-hybridized carbons (Fsp3) is 0.382. The van der Waals surface area contributed by atoms with E-state index < -0.39 is 35.3 Å². The molecule has 12 nitrogen and oxygen atoms in total. The number of hydrogen-bond donors (Lipinski definition) is 2. The molecule has 1 fully saturated rings. The summed E-state index contributed by atoms with van der Waals surface area (Å²) in [6, 6.07) is 11.6. The Bertz CT molecular complexity index is 1870. The standard InChI is InChI=1S/C34H37ClN6O6S/c1-5-6-7-8-9-13-18-36-29(43)21-16-17-24(23(35)19-21)37-30(44)27(40-32(45)34(3,4)47-33(40)46)28(42)26-25-20(2)38-41(31(25)48-39-26)22-14-11-10-12-15-22/h10-12,14-17,19,27H,5-9,13,18H2,1-4H3,(H,36,43)(H,37,44). The van der Waals surface area contributed by atoms with Crippen LogP contribution in [0.5, 0.6) is 0 Å². The first-order chi connectivity index (χ1) is 22.9. The minimum absolute atomic E-state index is 0.0217. The number of carbonyl (C=O) groups excluding carboxylic acids is 5. The lowest BCUT2D eigenvalue weighted by Gasteiger charge is -2.23. The number of nitrogens with zero attached hydrogens (tertiary/aromatic N) is 4. The van der Waals surface area contributed by atoms with Gasteiger partial charge in [-0.05, 0) is 69.1 Å². The van der Waals surface area contributed by atoms with Crippen LogP contribution in [0, 0.1) is 6.92 Å². The molecule has 4 amide bonds. The Labute approximate surface area is 286 Å². The van der Waals surface area contributed by atoms with Gasteiger partial charge in [0.25, 0.3) is 17.7 Å². The molecule has 0 radical (unpaired) electrons. The van der Waals surface area contributed by atoms with Crippen molar-refractivity contribution in [3.63, 3.8) is 0 Å². The van der Waals surface area contributed by atoms with E-state index in [0.717, 1.165) is 36.5 Å². The number of anilines is 1. The first-order valence-electron chi connectivity index (χ1n) is 15.8. The Morgan fingerprint density at radius 2 is 1.73 bits per heavy atom. The molecule has 1 atom stereocenters. The van der Waals surface area contributed by atoms with Gasteiger partial charge in [-0.3, -0.25) is 19.2 Å². The van der Waals surface area contributed by atoms with Crippen LogP contribution in [0.1, 0.15) is 85.8 Å². The summed E-state index contributed by atoms with van der Waals surface area (Å²) >= 11 is 7.48. The fourth-order valence-corrected chi connectivity index (χ4v) is 6.61. The maximum atomic E-state index is 14.2. The Kier molecular flexibility index (Phi) is 10.6. The van der Waals surface area contributed by atoms with E-state index in [1.807, 2.05) is 30.3 Å². The first-order valence-corrected chi connectivity index (χ1v) is 17.0. The van der Waals surface area contributed by atoms with Crippen molar-refractivity contribution in [2.45, 2.75) is 77.9 Å². The third-order valence-electron chi connectivity index (χ3n) is 8.05. The number of hydrogen-bond acceptors (Lipinski definition) is 9. The summed E-state index contributed by atoms with van der Waals surface area (Å²) in [5.74, 6) is -3.10. The van der Waals surface area contributed by atoms with Gasteiger partial charge in [-0.15, -0.1) is 0 Å². The fourth-order valence-electron chi connectivity index (χ4n) is 5.47. The molecule has 1 saturated heterocycles. The van der Waals surface area contributed by atoms with Crippen LogP contribution in [0.3, 0.4) is 0 Å². The lowest BCUT2D eigenvalue weighted by molar-refractivity contribution is -0.137. The summed E-state index contributed by atoms with van der Waals surface area (Å²) in [5.41, 5.74) is -0.168. The van der Waals surface area contributed by atoms with Gasteiger partial charge in [-0.25, -0.2) is 14.4 Å². The van der Waals surface area contributed by atoms with Gasteiger partial charge in [0.05, 0.1) is 27.5 Å². The average molecular weight is 693 g/mol. The molecule has 48 heavy (non-hydrogen) atoms. The van der Waals surface area contributed by atoms with Crippen molar-refractivity contribution in [1.29, 1.82) is 0 Å². The molecule has 252 valence electrons. The summed E-state index contributed by atoms with van der Waals surface area (Å²) in [7, 11) is 0. The molecule has 3 heterocycles. The zero-order valence-corrected chi connectivity index (χ0v) is 28.7. The van der Waals surface area contributed by atoms with Gasteiger partial charge >= 0.3 is 6.09 Å². The lowest BCUT2D eigenvalue weighted by Crippen LogP contribution is -2.53. The minimum Gasteiger partial charge on any atom is -0.433 e. The molecule has 2 aromatic carbocycles. The number of Topliss-reactive ketones (excluding diaryl/α,β-unsaturated/α-hetero) is 1. The third kappa shape index (κ3) is 7.12. The number of para-hydroxylation sites is 1. The molecule has 1 unspecified atom stereocenters. The van der Waals surface area contributed by atoms with Gasteiger partial charge in [-0.2, -0.15) is 9.47 Å². The van der Waals surface area contributed by atoms with Crippen LogP contribution in [0.25, 0.3) is 15.9 Å². The van der Waals surface area contributed by atoms with Crippen LogP contribution in [-0.4, -0.2) is 66.8 Å². The predicted octanol–water partition coefficient (Wildman–Crippen LogP) is 6.48. The molecule has 0 aliphatic carbocycles. The van der Waals surface area contributed by atoms with Crippen molar-refractivity contribution in [3.05, 3.63) is 70.5 Å². The molecular weight excluding hydrogens is 656 g/mol. The molecular formula is C34H37ClN6O6S. The van der Waals surface area contributed by atoms with Crippen LogP contribution in [0.15, 0.2) is 48.5 Å². The highest BCUT2D eigenvalue weighted by molar-refractivity contribution is 7.13. The number of ketones is 1. The zero-order chi connectivity index (χ0) is 34.6. The van der Waals surface area contributed by atoms with Crippen molar-refractivity contribution < 1.29 is 28.7 Å². The summed E-state index contributed by atoms with van der Waals surface area (Å²) in [6.45, 7) is 7.12. The van der Waals surface area contributed by atoms with E-state index in [4.69, 9.17) is 16.3 Å². The number of amides is 4. The first kappa shape index (κ1) is 34.7. The van der Waals surface area contributed by atoms with Gasteiger partial charge in [0.2, 0.25) is 5.78 Å². The number of halogens is 1. The second-order valence-electron chi connectivity index (χ2n) is 12.1. The molecule has 4 aromatic rings. The number of aromatic nitrogens is 3. The Hall–Kier alpha value is -4.62. The maximum Gasteiger partial charge on any atom is 0.418 e. The Morgan fingerprint density at radius 3 is 2.40 bits per heavy atom. The van der Waals surface area contributed by atoms with E-state index in [2.05, 4.69) is 27.0 Å². The van der Waals surface area contributed by atoms with Crippen LogP contribution in [-0.2, 0) is 14.3 Å². The number of rotatable bonds is 14. The predicted molar refractivity (Wildman–Crippen MR) is 183 cm³/mol. The number of fused-ring (bicyclic) bond motifs is 1. The van der Waals surface area contributed by atoms with Crippen molar-refractivity contribution in [2.75, 3.05) is 11.9 Å². The van der Waals surface area contributed by atoms with Gasteiger partial charge < -0.3 is 15.4 Å². The third-order valence-corrected chi connectivity index (χ3v) is 9.18. The normalized spacial score (nSPS) is 14.6. The van der Waals surface area contributed by atoms with E-state index >= 15 is 0 Å². The van der Waals surface area contributed by atoms with E-state index in [1.54, 1.807) is 11.6 Å². The molecule has 0 saturated carbocycles. The number of cyclic esters (lactones) is 1. The monoisotopic (exact) mass is 692 g/mol. The highest BCUT2D eigenvalue weighted by Gasteiger charge is 2.54. The van der Waals surface area contributed by atoms with Gasteiger partial charge in [0.15, 0.2) is 11.6 Å². The molecule has 2 aromatic heterocycles. The van der Waals surface area contributed by atoms with Crippen LogP contribution in [0.2, 0.25) is 5.02 Å². The molecule has 5 rings (SSSR count). The topological polar surface area (TPSA) is 153 Å². The minimum atomic E-state index is -1.98. The highest BCUT2D eigenvalue weighted by atomic mass is 35.5. The summed E-state index contributed by atoms with van der Waals surface area (Å²) in [4.78, 5) is 68.2. The van der Waals surface area contributed by atoms with Crippen LogP contribution >= 0.6 is 23.1 Å². The van der Waals surface area contributed by atoms with E-state index in [0.29, 0.717) is 27.4 Å². The van der Waals surface area contributed by atoms with Crippen molar-refractivity contribution in [1.82, 2.24) is 24.4 Å². The average Bonchev–Trinajstić information content (AvgIpc) is 3.70. The molecule has 0 bridgehead atoms. The van der Waals surface area contributed by atoms with Gasteiger partial charge in [0, 0.05) is 12.1 Å². The van der Waals surface area contributed by atoms with Gasteiger partial charge in [0.1, 0.15) is 10.5 Å². The summed E-state index contributed by atoms with van der Waals surface area (Å²) in [6.07, 6.45) is 5.41. The molecule has 2 N–H and O–H groups in total. The number of unbranched alkanes of at least 4 members (excludes halogenated alkanes) is 5. The van der Waals surface area contributed by atoms with Crippen LogP contribution < -0.4 is 10.6 Å². The lowest BCUT2D eigenvalue weighted by atomic mass is 10.0. The quantitative estimate of drug-likeness (QED) is 0.0865. The number of imide groups is 1. The molecule has 14 heteroatoms. The van der Waals surface area contributed by atoms with E-state index in [1.165, 1.54) is 51.3 Å². The molecule has 1 aliphatic rings. The zero-order valence-electron chi connectivity index (χ0n) is 27.2. The van der Waals surface area contributed by atoms with Crippen LogP contribution in [0.4, 0.5) is 10.5 Å². The number of nitrogens with one attached hydrogen (secondary N) is 2. The van der Waals surface area contributed by atoms with Gasteiger partial charge in [-0.1, -0.05) is 68.8 Å². The van der Waals surface area contributed by atoms with Crippen molar-refractivity contribution in [2.24, 2.45) is 0 Å². The second-order valence-corrected chi connectivity index (χ2v) is 13.2. The second kappa shape index (κ2) is 14.7. The largest absolute Gasteiger partial charge is 0.433 e. The smallest absolute Gasteiger partial charge is 0.418 e. The van der Waals surface area contributed by atoms with E-state index in [9.17, 15) is 24.0 Å². The Balaban J connectivity index is 1.39. The molecule has 1 aliphatic heterocycles. The number of benzene rings is 2. The summed E-state index contributed by atoms with van der Waals surface area (Å²) < 4.78 is 11.2. The Morgan fingerprint density at radius 1 is 1.02 bits per heavy atom. The van der Waals surface area contributed by atoms with E-state index in [-0.39, 0.29) is 27.9 Å². The molecule has 0 spiro atoms. The van der Waals surface area contributed by atoms with Crippen molar-refractivity contribution in [3.8, 4) is 5.69 Å². The number of carbonyl (C=O) groups is 5. The maximum absolute atomic E-state index is 14.2. The van der Waals surface area contributed by atoms with Crippen molar-refractivity contribution >= 4 is 68.6 Å². The summed E-state index contributed by atoms with van der Waals surface area (Å²) in [5, 5.41) is 10.4. The number of ether oxygens (including phenoxy) is 1.